The lowest BCUT2D eigenvalue weighted by Crippen LogP contribution is -2.22. The predicted molar refractivity (Wildman–Crippen MR) is 120 cm³/mol. The van der Waals surface area contributed by atoms with Crippen LogP contribution < -0.4 is 9.54 Å². The zero-order valence-electron chi connectivity index (χ0n) is 17.9. The molecule has 8 nitrogen and oxygen atoms in total. The van der Waals surface area contributed by atoms with E-state index in [9.17, 15) is 13.2 Å². The molecular formula is C21H25N3O5S2. The topological polar surface area (TPSA) is 90.2 Å². The second-order valence-electron chi connectivity index (χ2n) is 6.79. The number of amides is 1. The van der Waals surface area contributed by atoms with Gasteiger partial charge in [-0.1, -0.05) is 17.4 Å². The normalized spacial score (nSPS) is 12.6. The van der Waals surface area contributed by atoms with E-state index in [0.29, 0.717) is 30.1 Å². The molecule has 0 aliphatic carbocycles. The summed E-state index contributed by atoms with van der Waals surface area (Å²) < 4.78 is 39.4. The lowest BCUT2D eigenvalue weighted by atomic mass is 10.2. The first-order valence-corrected chi connectivity index (χ1v) is 11.9. The Morgan fingerprint density at radius 2 is 1.87 bits per heavy atom. The van der Waals surface area contributed by atoms with E-state index in [2.05, 4.69) is 4.99 Å². The number of hydrogen-bond donors (Lipinski definition) is 0. The average molecular weight is 464 g/mol. The van der Waals surface area contributed by atoms with Crippen molar-refractivity contribution in [2.45, 2.75) is 18.4 Å². The van der Waals surface area contributed by atoms with Crippen LogP contribution in [0.2, 0.25) is 0 Å². The zero-order chi connectivity index (χ0) is 22.6. The Hall–Kier alpha value is -2.53. The van der Waals surface area contributed by atoms with E-state index in [-0.39, 0.29) is 4.90 Å². The Bertz CT molecular complexity index is 1240. The molecule has 0 N–H and O–H groups in total. The third-order valence-electron chi connectivity index (χ3n) is 4.56. The number of sulfonamides is 1. The van der Waals surface area contributed by atoms with Crippen molar-refractivity contribution in [3.8, 4) is 5.75 Å². The molecule has 3 rings (SSSR count). The van der Waals surface area contributed by atoms with Gasteiger partial charge < -0.3 is 14.0 Å². The minimum atomic E-state index is -3.56. The summed E-state index contributed by atoms with van der Waals surface area (Å²) in [6.45, 7) is 3.39. The van der Waals surface area contributed by atoms with Crippen LogP contribution in [0.25, 0.3) is 10.2 Å². The van der Waals surface area contributed by atoms with Crippen molar-refractivity contribution >= 4 is 37.5 Å². The summed E-state index contributed by atoms with van der Waals surface area (Å²) in [4.78, 5) is 17.8. The van der Waals surface area contributed by atoms with Crippen LogP contribution in [-0.2, 0) is 21.3 Å². The summed E-state index contributed by atoms with van der Waals surface area (Å²) in [5, 5.41) is 0. The summed E-state index contributed by atoms with van der Waals surface area (Å²) in [5.41, 5.74) is 1.17. The van der Waals surface area contributed by atoms with Crippen LogP contribution in [0.4, 0.5) is 0 Å². The Morgan fingerprint density at radius 3 is 2.48 bits per heavy atom. The van der Waals surface area contributed by atoms with Gasteiger partial charge in [-0.25, -0.2) is 12.7 Å². The Balaban J connectivity index is 2.05. The third-order valence-corrected chi connectivity index (χ3v) is 7.43. The molecule has 0 aliphatic rings. The Labute approximate surface area is 185 Å². The van der Waals surface area contributed by atoms with Crippen LogP contribution in [0.1, 0.15) is 17.3 Å². The van der Waals surface area contributed by atoms with Crippen LogP contribution in [0, 0.1) is 0 Å². The van der Waals surface area contributed by atoms with Crippen LogP contribution in [0.5, 0.6) is 5.75 Å². The number of ether oxygens (including phenoxy) is 2. The van der Waals surface area contributed by atoms with Gasteiger partial charge in [-0.15, -0.1) is 0 Å². The van der Waals surface area contributed by atoms with E-state index >= 15 is 0 Å². The van der Waals surface area contributed by atoms with Crippen LogP contribution >= 0.6 is 11.3 Å². The van der Waals surface area contributed by atoms with E-state index in [1.807, 2.05) is 29.7 Å². The Kier molecular flexibility index (Phi) is 7.26. The number of para-hydroxylation sites is 1. The van der Waals surface area contributed by atoms with Gasteiger partial charge in [0.25, 0.3) is 5.91 Å². The molecule has 0 unspecified atom stereocenters. The maximum atomic E-state index is 12.8. The third kappa shape index (κ3) is 4.87. The molecule has 166 valence electrons. The number of fused-ring (bicyclic) bond motifs is 1. The molecule has 0 radical (unpaired) electrons. The van der Waals surface area contributed by atoms with Gasteiger partial charge in [0.05, 0.1) is 22.8 Å². The second-order valence-corrected chi connectivity index (χ2v) is 9.95. The fraction of sp³-hybridized carbons (Fsp3) is 0.333. The summed E-state index contributed by atoms with van der Waals surface area (Å²) >= 11 is 1.39. The molecule has 0 atom stereocenters. The molecule has 0 bridgehead atoms. The number of aromatic nitrogens is 1. The number of hydrogen-bond acceptors (Lipinski definition) is 6. The molecule has 0 spiro atoms. The number of benzene rings is 2. The second kappa shape index (κ2) is 9.73. The molecule has 0 aliphatic heterocycles. The molecule has 3 aromatic rings. The van der Waals surface area contributed by atoms with Crippen molar-refractivity contribution in [2.75, 3.05) is 34.4 Å². The monoisotopic (exact) mass is 463 g/mol. The minimum Gasteiger partial charge on any atom is -0.492 e. The summed E-state index contributed by atoms with van der Waals surface area (Å²) in [6, 6.07) is 11.5. The average Bonchev–Trinajstić information content (AvgIpc) is 3.10. The number of carbonyl (C=O) groups is 1. The van der Waals surface area contributed by atoms with E-state index in [0.717, 1.165) is 20.3 Å². The fourth-order valence-corrected chi connectivity index (χ4v) is 4.95. The number of methoxy groups -OCH3 is 1. The van der Waals surface area contributed by atoms with Crippen molar-refractivity contribution in [1.29, 1.82) is 0 Å². The molecule has 1 heterocycles. The number of rotatable bonds is 8. The minimum absolute atomic E-state index is 0.118. The maximum Gasteiger partial charge on any atom is 0.279 e. The predicted octanol–water partition coefficient (Wildman–Crippen LogP) is 2.74. The first-order chi connectivity index (χ1) is 14.8. The molecule has 2 aromatic carbocycles. The summed E-state index contributed by atoms with van der Waals surface area (Å²) in [5.74, 6) is 0.268. The van der Waals surface area contributed by atoms with E-state index < -0.39 is 15.9 Å². The van der Waals surface area contributed by atoms with Gasteiger partial charge in [0.1, 0.15) is 11.3 Å². The van der Waals surface area contributed by atoms with Crippen LogP contribution in [0.3, 0.4) is 0 Å². The lowest BCUT2D eigenvalue weighted by molar-refractivity contribution is 0.0997. The first-order valence-electron chi connectivity index (χ1n) is 9.65. The van der Waals surface area contributed by atoms with Crippen molar-refractivity contribution in [1.82, 2.24) is 8.87 Å². The molecule has 0 fully saturated rings. The lowest BCUT2D eigenvalue weighted by Gasteiger charge is -2.11. The fourth-order valence-electron chi connectivity index (χ4n) is 2.98. The molecule has 0 saturated carbocycles. The van der Waals surface area contributed by atoms with Crippen molar-refractivity contribution in [3.05, 3.63) is 52.8 Å². The van der Waals surface area contributed by atoms with Crippen molar-refractivity contribution in [2.24, 2.45) is 4.99 Å². The molecule has 10 heteroatoms. The van der Waals surface area contributed by atoms with E-state index in [1.54, 1.807) is 7.11 Å². The molecular weight excluding hydrogens is 438 g/mol. The zero-order valence-corrected chi connectivity index (χ0v) is 19.5. The van der Waals surface area contributed by atoms with Gasteiger partial charge in [0, 0.05) is 33.3 Å². The maximum absolute atomic E-state index is 12.8. The van der Waals surface area contributed by atoms with Gasteiger partial charge in [-0.3, -0.25) is 4.79 Å². The highest BCUT2D eigenvalue weighted by atomic mass is 32.2. The van der Waals surface area contributed by atoms with Crippen molar-refractivity contribution in [3.63, 3.8) is 0 Å². The van der Waals surface area contributed by atoms with Crippen LogP contribution in [0.15, 0.2) is 52.4 Å². The summed E-state index contributed by atoms with van der Waals surface area (Å²) in [6.07, 6.45) is 0. The van der Waals surface area contributed by atoms with Gasteiger partial charge >= 0.3 is 0 Å². The SMILES string of the molecule is CCOc1cccc2sc(=NC(=O)c3ccc(S(=O)(=O)N(C)C)cc3)n(CCOC)c12. The molecule has 0 saturated heterocycles. The summed E-state index contributed by atoms with van der Waals surface area (Å²) in [7, 11) is 0.971. The molecule has 1 amide bonds. The molecule has 31 heavy (non-hydrogen) atoms. The first kappa shape index (κ1) is 23.1. The number of carbonyl (C=O) groups excluding carboxylic acids is 1. The Morgan fingerprint density at radius 1 is 1.16 bits per heavy atom. The standard InChI is InChI=1S/C21H25N3O5S2/c1-5-29-17-7-6-8-18-19(17)24(13-14-28-4)21(30-18)22-20(25)15-9-11-16(12-10-15)31(26,27)23(2)3/h6-12H,5,13-14H2,1-4H3. The van der Waals surface area contributed by atoms with Gasteiger partial charge in [-0.2, -0.15) is 4.99 Å². The van der Waals surface area contributed by atoms with Crippen molar-refractivity contribution < 1.29 is 22.7 Å². The largest absolute Gasteiger partial charge is 0.492 e. The van der Waals surface area contributed by atoms with Crippen LogP contribution in [-0.4, -0.2) is 57.6 Å². The quantitative estimate of drug-likeness (QED) is 0.512. The number of thiazole rings is 1. The van der Waals surface area contributed by atoms with Gasteiger partial charge in [-0.05, 0) is 43.3 Å². The highest BCUT2D eigenvalue weighted by molar-refractivity contribution is 7.89. The highest BCUT2D eigenvalue weighted by Crippen LogP contribution is 2.27. The molecule has 1 aromatic heterocycles. The van der Waals surface area contributed by atoms with Gasteiger partial charge in [0.2, 0.25) is 10.0 Å². The smallest absolute Gasteiger partial charge is 0.279 e. The van der Waals surface area contributed by atoms with E-state index in [1.165, 1.54) is 49.7 Å². The highest BCUT2D eigenvalue weighted by Gasteiger charge is 2.18. The number of nitrogens with zero attached hydrogens (tertiary/aromatic N) is 3. The van der Waals surface area contributed by atoms with E-state index in [4.69, 9.17) is 9.47 Å². The van der Waals surface area contributed by atoms with Gasteiger partial charge in [0.15, 0.2) is 4.80 Å².